The third-order valence-corrected chi connectivity index (χ3v) is 5.64. The molecule has 0 unspecified atom stereocenters. The van der Waals surface area contributed by atoms with Crippen LogP contribution in [0.15, 0.2) is 33.1 Å². The maximum Gasteiger partial charge on any atom is 0.250 e. The molecule has 2 rings (SSSR count). The first-order valence-electron chi connectivity index (χ1n) is 7.41. The molecule has 0 aliphatic heterocycles. The van der Waals surface area contributed by atoms with Crippen molar-refractivity contribution in [2.24, 2.45) is 0 Å². The van der Waals surface area contributed by atoms with E-state index in [2.05, 4.69) is 38.4 Å². The molecule has 128 valence electrons. The average Bonchev–Trinajstić information content (AvgIpc) is 3.00. The molecular formula is C16H18BrN3O2S2. The zero-order valence-corrected chi connectivity index (χ0v) is 16.6. The van der Waals surface area contributed by atoms with Gasteiger partial charge in [-0.1, -0.05) is 42.5 Å². The number of carbonyl (C=O) groups is 1. The van der Waals surface area contributed by atoms with Gasteiger partial charge in [0.25, 0.3) is 0 Å². The highest BCUT2D eigenvalue weighted by molar-refractivity contribution is 9.10. The smallest absolute Gasteiger partial charge is 0.250 e. The summed E-state index contributed by atoms with van der Waals surface area (Å²) in [5, 5.41) is 11.3. The first kappa shape index (κ1) is 19.0. The number of thioether (sulfide) groups is 1. The number of carbonyl (C=O) groups excluding carboxylic acids is 1. The maximum absolute atomic E-state index is 12.0. The van der Waals surface area contributed by atoms with Crippen molar-refractivity contribution >= 4 is 56.1 Å². The van der Waals surface area contributed by atoms with Crippen LogP contribution in [0.5, 0.6) is 5.75 Å². The van der Waals surface area contributed by atoms with Crippen molar-refractivity contribution in [2.45, 2.75) is 24.1 Å². The molecule has 0 aliphatic rings. The van der Waals surface area contributed by atoms with Crippen molar-refractivity contribution in [2.75, 3.05) is 18.2 Å². The Morgan fingerprint density at radius 2 is 2.29 bits per heavy atom. The van der Waals surface area contributed by atoms with Gasteiger partial charge in [0, 0.05) is 11.8 Å². The van der Waals surface area contributed by atoms with Gasteiger partial charge in [-0.2, -0.15) is 0 Å². The van der Waals surface area contributed by atoms with Crippen molar-refractivity contribution in [1.82, 2.24) is 10.2 Å². The van der Waals surface area contributed by atoms with Crippen LogP contribution in [0.3, 0.4) is 0 Å². The number of nitrogens with zero attached hydrogens (tertiary/aromatic N) is 2. The summed E-state index contributed by atoms with van der Waals surface area (Å²) in [6, 6.07) is 5.60. The number of hydrogen-bond acceptors (Lipinski definition) is 6. The lowest BCUT2D eigenvalue weighted by Gasteiger charge is -2.03. The van der Waals surface area contributed by atoms with Crippen molar-refractivity contribution in [3.8, 4) is 5.75 Å². The summed E-state index contributed by atoms with van der Waals surface area (Å²) in [7, 11) is 1.61. The van der Waals surface area contributed by atoms with Crippen molar-refractivity contribution < 1.29 is 9.53 Å². The van der Waals surface area contributed by atoms with Gasteiger partial charge in [0.05, 0.1) is 11.6 Å². The minimum absolute atomic E-state index is 0.233. The predicted octanol–water partition coefficient (Wildman–Crippen LogP) is 4.85. The minimum atomic E-state index is -0.233. The van der Waals surface area contributed by atoms with Crippen LogP contribution in [-0.4, -0.2) is 29.0 Å². The normalized spacial score (nSPS) is 11.0. The molecule has 0 aliphatic carbocycles. The molecule has 0 bridgehead atoms. The highest BCUT2D eigenvalue weighted by Crippen LogP contribution is 2.27. The molecule has 5 nitrogen and oxygen atoms in total. The number of methoxy groups -OCH3 is 1. The van der Waals surface area contributed by atoms with E-state index in [1.165, 1.54) is 17.4 Å². The summed E-state index contributed by atoms with van der Waals surface area (Å²) >= 11 is 6.48. The Kier molecular flexibility index (Phi) is 7.74. The summed E-state index contributed by atoms with van der Waals surface area (Å²) in [5.41, 5.74) is 0.894. The molecular weight excluding hydrogens is 410 g/mol. The van der Waals surface area contributed by atoms with Crippen LogP contribution in [0, 0.1) is 0 Å². The lowest BCUT2D eigenvalue weighted by Crippen LogP contribution is -2.07. The van der Waals surface area contributed by atoms with E-state index in [0.29, 0.717) is 5.13 Å². The number of anilines is 1. The zero-order chi connectivity index (χ0) is 17.4. The molecule has 0 radical (unpaired) electrons. The Hall–Kier alpha value is -1.38. The maximum atomic E-state index is 12.0. The number of aromatic nitrogens is 2. The third-order valence-electron chi connectivity index (χ3n) is 2.96. The van der Waals surface area contributed by atoms with Crippen LogP contribution in [0.2, 0.25) is 0 Å². The number of benzene rings is 1. The fraction of sp³-hybridized carbons (Fsp3) is 0.312. The fourth-order valence-electron chi connectivity index (χ4n) is 1.73. The number of ether oxygens (including phenoxy) is 1. The van der Waals surface area contributed by atoms with Gasteiger partial charge in [0.2, 0.25) is 11.0 Å². The van der Waals surface area contributed by atoms with Crippen molar-refractivity contribution in [3.05, 3.63) is 34.3 Å². The van der Waals surface area contributed by atoms with Gasteiger partial charge in [-0.05, 0) is 46.1 Å². The lowest BCUT2D eigenvalue weighted by molar-refractivity contribution is -0.111. The molecule has 0 spiro atoms. The van der Waals surface area contributed by atoms with Crippen LogP contribution < -0.4 is 10.1 Å². The molecule has 0 saturated heterocycles. The van der Waals surface area contributed by atoms with E-state index in [0.717, 1.165) is 38.7 Å². The Morgan fingerprint density at radius 1 is 1.46 bits per heavy atom. The van der Waals surface area contributed by atoms with Gasteiger partial charge in [-0.15, -0.1) is 10.2 Å². The highest BCUT2D eigenvalue weighted by Gasteiger charge is 2.07. The first-order chi connectivity index (χ1) is 11.6. The van der Waals surface area contributed by atoms with Crippen LogP contribution in [0.4, 0.5) is 5.13 Å². The molecule has 1 aromatic heterocycles. The number of rotatable bonds is 8. The Bertz CT molecular complexity index is 719. The van der Waals surface area contributed by atoms with E-state index < -0.39 is 0 Å². The Balaban J connectivity index is 1.89. The van der Waals surface area contributed by atoms with Crippen molar-refractivity contribution in [3.63, 3.8) is 0 Å². The van der Waals surface area contributed by atoms with E-state index in [1.807, 2.05) is 18.2 Å². The van der Waals surface area contributed by atoms with Crippen LogP contribution in [-0.2, 0) is 4.79 Å². The SMILES string of the molecule is CCCCSc1nnc(NC(=O)/C=C/c2ccc(OC)c(Br)c2)s1. The zero-order valence-electron chi connectivity index (χ0n) is 13.4. The van der Waals surface area contributed by atoms with E-state index in [4.69, 9.17) is 4.74 Å². The molecule has 8 heteroatoms. The van der Waals surface area contributed by atoms with E-state index in [-0.39, 0.29) is 5.91 Å². The molecule has 2 aromatic rings. The molecule has 24 heavy (non-hydrogen) atoms. The second-order valence-electron chi connectivity index (χ2n) is 4.79. The van der Waals surface area contributed by atoms with Gasteiger partial charge in [-0.3, -0.25) is 10.1 Å². The molecule has 1 N–H and O–H groups in total. The molecule has 1 aromatic carbocycles. The second kappa shape index (κ2) is 9.80. The summed E-state index contributed by atoms with van der Waals surface area (Å²) in [6.45, 7) is 2.15. The monoisotopic (exact) mass is 427 g/mol. The van der Waals surface area contributed by atoms with Gasteiger partial charge in [0.1, 0.15) is 5.75 Å². The van der Waals surface area contributed by atoms with Crippen molar-refractivity contribution in [1.29, 1.82) is 0 Å². The Morgan fingerprint density at radius 3 is 3.00 bits per heavy atom. The van der Waals surface area contributed by atoms with Gasteiger partial charge >= 0.3 is 0 Å². The number of nitrogens with one attached hydrogen (secondary N) is 1. The molecule has 1 amide bonds. The summed E-state index contributed by atoms with van der Waals surface area (Å²) in [6.07, 6.45) is 5.50. The molecule has 0 fully saturated rings. The largest absolute Gasteiger partial charge is 0.496 e. The summed E-state index contributed by atoms with van der Waals surface area (Å²) < 4.78 is 6.89. The number of amides is 1. The number of halogens is 1. The molecule has 0 atom stereocenters. The van der Waals surface area contributed by atoms with E-state index in [1.54, 1.807) is 24.9 Å². The summed E-state index contributed by atoms with van der Waals surface area (Å²) in [5.74, 6) is 1.53. The average molecular weight is 428 g/mol. The number of unbranched alkanes of at least 4 members (excludes halogenated alkanes) is 1. The van der Waals surface area contributed by atoms with Crippen LogP contribution in [0.25, 0.3) is 6.08 Å². The van der Waals surface area contributed by atoms with Gasteiger partial charge in [-0.25, -0.2) is 0 Å². The van der Waals surface area contributed by atoms with Crippen LogP contribution >= 0.6 is 39.0 Å². The highest BCUT2D eigenvalue weighted by atomic mass is 79.9. The minimum Gasteiger partial charge on any atom is -0.496 e. The lowest BCUT2D eigenvalue weighted by atomic mass is 10.2. The van der Waals surface area contributed by atoms with Gasteiger partial charge < -0.3 is 4.74 Å². The predicted molar refractivity (Wildman–Crippen MR) is 104 cm³/mol. The number of hydrogen-bond donors (Lipinski definition) is 1. The van der Waals surface area contributed by atoms with Crippen LogP contribution in [0.1, 0.15) is 25.3 Å². The fourth-order valence-corrected chi connectivity index (χ4v) is 4.20. The van der Waals surface area contributed by atoms with E-state index in [9.17, 15) is 4.79 Å². The van der Waals surface area contributed by atoms with Gasteiger partial charge in [0.15, 0.2) is 4.34 Å². The quantitative estimate of drug-likeness (QED) is 0.282. The van der Waals surface area contributed by atoms with E-state index >= 15 is 0 Å². The standard InChI is InChI=1S/C16H18BrN3O2S2/c1-3-4-9-23-16-20-19-15(24-16)18-14(21)8-6-11-5-7-13(22-2)12(17)10-11/h5-8,10H,3-4,9H2,1-2H3,(H,18,19,21)/b8-6+. The summed E-state index contributed by atoms with van der Waals surface area (Å²) in [4.78, 5) is 12.0. The first-order valence-corrected chi connectivity index (χ1v) is 10.0. The third kappa shape index (κ3) is 5.92. The second-order valence-corrected chi connectivity index (χ2v) is 7.97. The molecule has 1 heterocycles. The topological polar surface area (TPSA) is 64.1 Å². The molecule has 0 saturated carbocycles. The Labute approximate surface area is 158 Å².